The van der Waals surface area contributed by atoms with Crippen LogP contribution >= 0.6 is 0 Å². The third kappa shape index (κ3) is 2.29. The number of fused-ring (bicyclic) bond motifs is 2. The maximum atomic E-state index is 11.1. The van der Waals surface area contributed by atoms with Crippen LogP contribution in [0.25, 0.3) is 0 Å². The van der Waals surface area contributed by atoms with Gasteiger partial charge in [-0.2, -0.15) is 0 Å². The Bertz CT molecular complexity index is 330. The number of carboxylic acid groups (broad SMARTS) is 1. The van der Waals surface area contributed by atoms with Crippen LogP contribution in [-0.2, 0) is 4.79 Å². The molecule has 0 aromatic carbocycles. The van der Waals surface area contributed by atoms with Crippen molar-refractivity contribution in [3.05, 3.63) is 0 Å². The number of hydrogen-bond donors (Lipinski definition) is 1. The van der Waals surface area contributed by atoms with Crippen LogP contribution in [0.2, 0.25) is 0 Å². The first kappa shape index (κ1) is 12.5. The predicted molar refractivity (Wildman–Crippen MR) is 70.3 cm³/mol. The first-order valence-electron chi connectivity index (χ1n) is 7.60. The van der Waals surface area contributed by atoms with Gasteiger partial charge in [0.05, 0.1) is 5.92 Å². The van der Waals surface area contributed by atoms with Crippen molar-refractivity contribution in [3.63, 3.8) is 0 Å². The largest absolute Gasteiger partial charge is 0.481 e. The number of carboxylic acids is 1. The molecule has 1 aliphatic heterocycles. The summed E-state index contributed by atoms with van der Waals surface area (Å²) in [7, 11) is 0. The summed E-state index contributed by atoms with van der Waals surface area (Å²) >= 11 is 0. The van der Waals surface area contributed by atoms with Gasteiger partial charge in [-0.15, -0.1) is 0 Å². The highest BCUT2D eigenvalue weighted by atomic mass is 16.4. The van der Waals surface area contributed by atoms with E-state index in [0.717, 1.165) is 43.7 Å². The van der Waals surface area contributed by atoms with Gasteiger partial charge in [-0.05, 0) is 56.8 Å². The molecule has 5 atom stereocenters. The Kier molecular flexibility index (Phi) is 3.35. The van der Waals surface area contributed by atoms with Crippen LogP contribution in [0.3, 0.4) is 0 Å². The number of likely N-dealkylation sites (tertiary alicyclic amines) is 1. The zero-order valence-electron chi connectivity index (χ0n) is 11.3. The van der Waals surface area contributed by atoms with Gasteiger partial charge in [0.25, 0.3) is 0 Å². The van der Waals surface area contributed by atoms with Crippen LogP contribution in [0, 0.1) is 23.7 Å². The molecule has 3 fully saturated rings. The zero-order chi connectivity index (χ0) is 12.7. The van der Waals surface area contributed by atoms with Crippen molar-refractivity contribution < 1.29 is 9.90 Å². The second kappa shape index (κ2) is 4.84. The van der Waals surface area contributed by atoms with Crippen molar-refractivity contribution in [2.45, 2.75) is 51.5 Å². The Labute approximate surface area is 110 Å². The number of nitrogens with zero attached hydrogens (tertiary/aromatic N) is 1. The van der Waals surface area contributed by atoms with E-state index in [1.165, 1.54) is 25.7 Å². The van der Waals surface area contributed by atoms with Gasteiger partial charge in [0.15, 0.2) is 0 Å². The van der Waals surface area contributed by atoms with E-state index < -0.39 is 5.97 Å². The molecule has 1 saturated heterocycles. The summed E-state index contributed by atoms with van der Waals surface area (Å²) < 4.78 is 0. The topological polar surface area (TPSA) is 40.5 Å². The number of hydrogen-bond acceptors (Lipinski definition) is 2. The molecule has 3 nitrogen and oxygen atoms in total. The number of rotatable bonds is 3. The molecule has 2 saturated carbocycles. The van der Waals surface area contributed by atoms with Crippen LogP contribution in [0.4, 0.5) is 0 Å². The lowest BCUT2D eigenvalue weighted by atomic mass is 9.86. The summed E-state index contributed by atoms with van der Waals surface area (Å²) in [6.45, 7) is 4.21. The van der Waals surface area contributed by atoms with Gasteiger partial charge in [-0.25, -0.2) is 0 Å². The molecule has 3 aliphatic rings. The van der Waals surface area contributed by atoms with Crippen LogP contribution < -0.4 is 0 Å². The Morgan fingerprint density at radius 1 is 1.22 bits per heavy atom. The Morgan fingerprint density at radius 3 is 2.67 bits per heavy atom. The summed E-state index contributed by atoms with van der Waals surface area (Å²) in [5.41, 5.74) is 0. The van der Waals surface area contributed by atoms with Crippen LogP contribution in [0.5, 0.6) is 0 Å². The van der Waals surface area contributed by atoms with Gasteiger partial charge in [0.1, 0.15) is 0 Å². The lowest BCUT2D eigenvalue weighted by Crippen LogP contribution is -2.46. The maximum absolute atomic E-state index is 11.1. The van der Waals surface area contributed by atoms with Crippen molar-refractivity contribution in [2.24, 2.45) is 23.7 Å². The first-order chi connectivity index (χ1) is 8.63. The molecule has 1 heterocycles. The van der Waals surface area contributed by atoms with E-state index in [4.69, 9.17) is 0 Å². The standard InChI is InChI=1S/C15H25NO2/c1-10-2-4-13(15(17)18)8-16(10)9-14-7-11-3-5-12(14)6-11/h10-14H,2-9H2,1H3,(H,17,18). The summed E-state index contributed by atoms with van der Waals surface area (Å²) in [6.07, 6.45) is 7.66. The van der Waals surface area contributed by atoms with Crippen molar-refractivity contribution in [2.75, 3.05) is 13.1 Å². The Morgan fingerprint density at radius 2 is 2.06 bits per heavy atom. The molecule has 1 N–H and O–H groups in total. The number of piperidine rings is 1. The van der Waals surface area contributed by atoms with E-state index in [1.807, 2.05) is 0 Å². The van der Waals surface area contributed by atoms with E-state index in [2.05, 4.69) is 11.8 Å². The molecule has 5 unspecified atom stereocenters. The Hall–Kier alpha value is -0.570. The van der Waals surface area contributed by atoms with Gasteiger partial charge in [-0.3, -0.25) is 9.69 Å². The summed E-state index contributed by atoms with van der Waals surface area (Å²) in [5.74, 6) is 2.08. The van der Waals surface area contributed by atoms with Crippen molar-refractivity contribution in [3.8, 4) is 0 Å². The second-order valence-corrected chi connectivity index (χ2v) is 6.85. The fourth-order valence-corrected chi connectivity index (χ4v) is 4.54. The lowest BCUT2D eigenvalue weighted by molar-refractivity contribution is -0.144. The quantitative estimate of drug-likeness (QED) is 0.838. The highest BCUT2D eigenvalue weighted by molar-refractivity contribution is 5.70. The molecule has 18 heavy (non-hydrogen) atoms. The molecular formula is C15H25NO2. The monoisotopic (exact) mass is 251 g/mol. The molecule has 0 spiro atoms. The van der Waals surface area contributed by atoms with Gasteiger partial charge >= 0.3 is 5.97 Å². The summed E-state index contributed by atoms with van der Waals surface area (Å²) in [6, 6.07) is 0.583. The van der Waals surface area contributed by atoms with E-state index in [9.17, 15) is 9.90 Å². The zero-order valence-corrected chi connectivity index (χ0v) is 11.3. The van der Waals surface area contributed by atoms with E-state index >= 15 is 0 Å². The molecule has 0 radical (unpaired) electrons. The maximum Gasteiger partial charge on any atom is 0.307 e. The SMILES string of the molecule is CC1CCC(C(=O)O)CN1CC1CC2CCC1C2. The van der Waals surface area contributed by atoms with Gasteiger partial charge in [0.2, 0.25) is 0 Å². The van der Waals surface area contributed by atoms with Crippen molar-refractivity contribution >= 4 is 5.97 Å². The van der Waals surface area contributed by atoms with E-state index in [0.29, 0.717) is 6.04 Å². The average Bonchev–Trinajstić information content (AvgIpc) is 2.93. The fraction of sp³-hybridized carbons (Fsp3) is 0.933. The van der Waals surface area contributed by atoms with Gasteiger partial charge < -0.3 is 5.11 Å². The molecular weight excluding hydrogens is 226 g/mol. The second-order valence-electron chi connectivity index (χ2n) is 6.85. The molecule has 2 bridgehead atoms. The third-order valence-electron chi connectivity index (χ3n) is 5.71. The molecule has 102 valence electrons. The minimum Gasteiger partial charge on any atom is -0.481 e. The first-order valence-corrected chi connectivity index (χ1v) is 7.60. The predicted octanol–water partition coefficient (Wildman–Crippen LogP) is 2.61. The molecule has 3 rings (SSSR count). The highest BCUT2D eigenvalue weighted by Gasteiger charge is 2.41. The van der Waals surface area contributed by atoms with E-state index in [1.54, 1.807) is 0 Å². The summed E-state index contributed by atoms with van der Waals surface area (Å²) in [4.78, 5) is 13.6. The number of aliphatic carboxylic acids is 1. The number of carbonyl (C=O) groups is 1. The molecule has 3 heteroatoms. The minimum absolute atomic E-state index is 0.125. The smallest absolute Gasteiger partial charge is 0.307 e. The van der Waals surface area contributed by atoms with Crippen molar-refractivity contribution in [1.29, 1.82) is 0 Å². The minimum atomic E-state index is -0.597. The highest BCUT2D eigenvalue weighted by Crippen LogP contribution is 2.48. The van der Waals surface area contributed by atoms with Gasteiger partial charge in [-0.1, -0.05) is 6.42 Å². The molecule has 2 aliphatic carbocycles. The molecule has 0 aromatic heterocycles. The van der Waals surface area contributed by atoms with Gasteiger partial charge in [0, 0.05) is 19.1 Å². The Balaban J connectivity index is 1.59. The third-order valence-corrected chi connectivity index (χ3v) is 5.71. The fourth-order valence-electron chi connectivity index (χ4n) is 4.54. The molecule has 0 aromatic rings. The summed E-state index contributed by atoms with van der Waals surface area (Å²) in [5, 5.41) is 9.18. The van der Waals surface area contributed by atoms with Crippen LogP contribution in [-0.4, -0.2) is 35.1 Å². The average molecular weight is 251 g/mol. The van der Waals surface area contributed by atoms with Crippen LogP contribution in [0.1, 0.15) is 45.4 Å². The lowest BCUT2D eigenvalue weighted by Gasteiger charge is -2.39. The normalized spacial score (nSPS) is 44.4. The van der Waals surface area contributed by atoms with E-state index in [-0.39, 0.29) is 5.92 Å². The molecule has 0 amide bonds. The van der Waals surface area contributed by atoms with Crippen LogP contribution in [0.15, 0.2) is 0 Å². The van der Waals surface area contributed by atoms with Crippen molar-refractivity contribution in [1.82, 2.24) is 4.90 Å².